The number of benzene rings is 3. The van der Waals surface area contributed by atoms with Crippen LogP contribution >= 0.6 is 0 Å². The molecule has 1 N–H and O–H groups in total. The van der Waals surface area contributed by atoms with Crippen molar-refractivity contribution in [2.24, 2.45) is 0 Å². The van der Waals surface area contributed by atoms with Crippen molar-refractivity contribution in [1.82, 2.24) is 5.32 Å². The van der Waals surface area contributed by atoms with E-state index < -0.39 is 28.5 Å². The molecule has 0 saturated heterocycles. The Morgan fingerprint density at radius 2 is 1.65 bits per heavy atom. The van der Waals surface area contributed by atoms with Gasteiger partial charge in [0.15, 0.2) is 6.61 Å². The smallest absolute Gasteiger partial charge is 0.338 e. The van der Waals surface area contributed by atoms with Gasteiger partial charge in [-0.15, -0.1) is 0 Å². The zero-order valence-electron chi connectivity index (χ0n) is 19.1. The highest BCUT2D eigenvalue weighted by molar-refractivity contribution is 7.92. The number of carbonyl (C=O) groups excluding carboxylic acids is 2. The van der Waals surface area contributed by atoms with Crippen LogP contribution < -0.4 is 14.4 Å². The molecule has 0 aliphatic rings. The van der Waals surface area contributed by atoms with Gasteiger partial charge in [-0.05, 0) is 55.0 Å². The fourth-order valence-corrected chi connectivity index (χ4v) is 4.44. The first kappa shape index (κ1) is 24.8. The van der Waals surface area contributed by atoms with Crippen LogP contribution in [-0.4, -0.2) is 41.1 Å². The summed E-state index contributed by atoms with van der Waals surface area (Å²) < 4.78 is 37.4. The van der Waals surface area contributed by atoms with Gasteiger partial charge in [-0.3, -0.25) is 9.10 Å². The number of anilines is 1. The molecular weight excluding hydrogens is 456 g/mol. The number of ether oxygens (including phenoxy) is 2. The van der Waals surface area contributed by atoms with E-state index in [-0.39, 0.29) is 16.5 Å². The van der Waals surface area contributed by atoms with Gasteiger partial charge >= 0.3 is 5.97 Å². The maximum atomic E-state index is 13.1. The summed E-state index contributed by atoms with van der Waals surface area (Å²) in [5.74, 6) is -0.666. The van der Waals surface area contributed by atoms with Crippen molar-refractivity contribution < 1.29 is 27.5 Å². The molecule has 0 radical (unpaired) electrons. The van der Waals surface area contributed by atoms with Gasteiger partial charge in [0.1, 0.15) is 5.75 Å². The molecule has 0 spiro atoms. The number of hydrogen-bond acceptors (Lipinski definition) is 6. The Bertz CT molecular complexity index is 1240. The van der Waals surface area contributed by atoms with E-state index in [4.69, 9.17) is 9.47 Å². The maximum Gasteiger partial charge on any atom is 0.338 e. The lowest BCUT2D eigenvalue weighted by Crippen LogP contribution is -2.31. The van der Waals surface area contributed by atoms with E-state index in [1.807, 2.05) is 37.3 Å². The lowest BCUT2D eigenvalue weighted by atomic mass is 10.1. The Kier molecular flexibility index (Phi) is 7.91. The molecule has 34 heavy (non-hydrogen) atoms. The number of nitrogens with one attached hydrogen (secondary N) is 1. The third-order valence-corrected chi connectivity index (χ3v) is 6.96. The second kappa shape index (κ2) is 10.8. The fraction of sp³-hybridized carbons (Fsp3) is 0.200. The minimum Gasteiger partial charge on any atom is -0.497 e. The first-order valence-corrected chi connectivity index (χ1v) is 11.9. The van der Waals surface area contributed by atoms with Gasteiger partial charge in [0.2, 0.25) is 0 Å². The van der Waals surface area contributed by atoms with Crippen LogP contribution in [0.1, 0.15) is 28.9 Å². The van der Waals surface area contributed by atoms with Gasteiger partial charge in [-0.25, -0.2) is 13.2 Å². The molecule has 0 aromatic heterocycles. The highest BCUT2D eigenvalue weighted by Gasteiger charge is 2.23. The number of amides is 1. The normalized spacial score (nSPS) is 11.9. The van der Waals surface area contributed by atoms with Crippen molar-refractivity contribution in [3.8, 4) is 5.75 Å². The predicted molar refractivity (Wildman–Crippen MR) is 128 cm³/mol. The molecule has 8 nitrogen and oxygen atoms in total. The highest BCUT2D eigenvalue weighted by atomic mass is 32.2. The van der Waals surface area contributed by atoms with Crippen LogP contribution in [0.5, 0.6) is 5.75 Å². The van der Waals surface area contributed by atoms with Gasteiger partial charge in [0.05, 0.1) is 29.3 Å². The molecule has 0 bridgehead atoms. The summed E-state index contributed by atoms with van der Waals surface area (Å²) in [5, 5.41) is 2.75. The van der Waals surface area contributed by atoms with Crippen LogP contribution in [0.25, 0.3) is 0 Å². The lowest BCUT2D eigenvalue weighted by molar-refractivity contribution is -0.124. The Balaban J connectivity index is 1.65. The molecule has 0 fully saturated rings. The molecule has 0 aliphatic heterocycles. The molecule has 0 heterocycles. The highest BCUT2D eigenvalue weighted by Crippen LogP contribution is 2.25. The first-order valence-electron chi connectivity index (χ1n) is 10.5. The second-order valence-corrected chi connectivity index (χ2v) is 9.44. The molecular formula is C25H26N2O6S. The Hall–Kier alpha value is -3.85. The topological polar surface area (TPSA) is 102 Å². The Morgan fingerprint density at radius 1 is 0.971 bits per heavy atom. The molecule has 1 amide bonds. The van der Waals surface area contributed by atoms with Gasteiger partial charge in [-0.2, -0.15) is 0 Å². The number of nitrogens with zero attached hydrogens (tertiary/aromatic N) is 1. The van der Waals surface area contributed by atoms with Crippen molar-refractivity contribution in [2.75, 3.05) is 25.1 Å². The average molecular weight is 483 g/mol. The van der Waals surface area contributed by atoms with E-state index in [9.17, 15) is 18.0 Å². The molecule has 1 unspecified atom stereocenters. The van der Waals surface area contributed by atoms with E-state index in [2.05, 4.69) is 5.32 Å². The summed E-state index contributed by atoms with van der Waals surface area (Å²) in [7, 11) is -1.00. The number of sulfonamides is 1. The van der Waals surface area contributed by atoms with Crippen LogP contribution in [0.2, 0.25) is 0 Å². The summed E-state index contributed by atoms with van der Waals surface area (Å²) in [6, 6.07) is 21.1. The summed E-state index contributed by atoms with van der Waals surface area (Å²) >= 11 is 0. The van der Waals surface area contributed by atoms with E-state index in [1.165, 1.54) is 38.4 Å². The third kappa shape index (κ3) is 5.93. The van der Waals surface area contributed by atoms with Crippen molar-refractivity contribution in [3.63, 3.8) is 0 Å². The molecule has 0 saturated carbocycles. The summed E-state index contributed by atoms with van der Waals surface area (Å²) in [6.07, 6.45) is 0. The molecule has 178 valence electrons. The van der Waals surface area contributed by atoms with Crippen LogP contribution in [0.15, 0.2) is 83.8 Å². The molecule has 9 heteroatoms. The third-order valence-electron chi connectivity index (χ3n) is 5.18. The van der Waals surface area contributed by atoms with Crippen LogP contribution in [0, 0.1) is 0 Å². The van der Waals surface area contributed by atoms with E-state index >= 15 is 0 Å². The van der Waals surface area contributed by atoms with Gasteiger partial charge in [0, 0.05) is 7.05 Å². The van der Waals surface area contributed by atoms with Crippen molar-refractivity contribution in [3.05, 3.63) is 90.0 Å². The van der Waals surface area contributed by atoms with Gasteiger partial charge in [0.25, 0.3) is 15.9 Å². The first-order chi connectivity index (χ1) is 16.2. The van der Waals surface area contributed by atoms with Crippen LogP contribution in [0.4, 0.5) is 5.69 Å². The van der Waals surface area contributed by atoms with E-state index in [0.29, 0.717) is 11.4 Å². The number of rotatable bonds is 9. The van der Waals surface area contributed by atoms with Crippen LogP contribution in [0.3, 0.4) is 0 Å². The number of carbonyl (C=O) groups is 2. The predicted octanol–water partition coefficient (Wildman–Crippen LogP) is 3.55. The lowest BCUT2D eigenvalue weighted by Gasteiger charge is -2.20. The number of methoxy groups -OCH3 is 1. The Labute approximate surface area is 199 Å². The molecule has 3 aromatic rings. The minimum absolute atomic E-state index is 0.0214. The van der Waals surface area contributed by atoms with Gasteiger partial charge in [-0.1, -0.05) is 36.4 Å². The number of esters is 1. The summed E-state index contributed by atoms with van der Waals surface area (Å²) in [5.41, 5.74) is 1.37. The Morgan fingerprint density at radius 3 is 2.29 bits per heavy atom. The monoisotopic (exact) mass is 482 g/mol. The molecule has 1 atom stereocenters. The molecule has 0 aliphatic carbocycles. The average Bonchev–Trinajstić information content (AvgIpc) is 2.87. The zero-order valence-corrected chi connectivity index (χ0v) is 19.9. The number of hydrogen-bond donors (Lipinski definition) is 1. The molecule has 3 aromatic carbocycles. The van der Waals surface area contributed by atoms with Crippen molar-refractivity contribution in [1.29, 1.82) is 0 Å². The van der Waals surface area contributed by atoms with Crippen molar-refractivity contribution >= 4 is 27.6 Å². The van der Waals surface area contributed by atoms with Gasteiger partial charge < -0.3 is 14.8 Å². The SMILES string of the molecule is COc1ccc(N(C)S(=O)(=O)c2cccc(C(=O)OCC(=O)NC(C)c3ccccc3)c2)cc1. The molecule has 3 rings (SSSR count). The summed E-state index contributed by atoms with van der Waals surface area (Å²) in [4.78, 5) is 24.6. The quantitative estimate of drug-likeness (QED) is 0.468. The second-order valence-electron chi connectivity index (χ2n) is 7.47. The zero-order chi connectivity index (χ0) is 24.7. The fourth-order valence-electron chi connectivity index (χ4n) is 3.20. The van der Waals surface area contributed by atoms with E-state index in [1.54, 1.807) is 24.3 Å². The largest absolute Gasteiger partial charge is 0.497 e. The van der Waals surface area contributed by atoms with E-state index in [0.717, 1.165) is 9.87 Å². The maximum absolute atomic E-state index is 13.1. The minimum atomic E-state index is -3.94. The van der Waals surface area contributed by atoms with Crippen molar-refractivity contribution in [2.45, 2.75) is 17.9 Å². The standard InChI is InChI=1S/C25H26N2O6S/c1-18(19-8-5-4-6-9-19)26-24(28)17-33-25(29)20-10-7-11-23(16-20)34(30,31)27(2)21-12-14-22(32-3)15-13-21/h4-16,18H,17H2,1-3H3,(H,26,28). The van der Waals surface area contributed by atoms with Crippen LogP contribution in [-0.2, 0) is 19.6 Å². The summed E-state index contributed by atoms with van der Waals surface area (Å²) in [6.45, 7) is 1.33.